The second-order valence-electron chi connectivity index (χ2n) is 6.15. The Bertz CT molecular complexity index is 963. The van der Waals surface area contributed by atoms with Crippen molar-refractivity contribution >= 4 is 29.0 Å². The zero-order valence-electron chi connectivity index (χ0n) is 15.4. The molecular weight excluding hydrogens is 362 g/mol. The molecule has 8 heteroatoms. The minimum Gasteiger partial charge on any atom is -0.351 e. The largest absolute Gasteiger partial charge is 0.351 e. The minimum absolute atomic E-state index is 0.173. The summed E-state index contributed by atoms with van der Waals surface area (Å²) in [6.45, 7) is 5.93. The molecular formula is C19H21N5O2S. The molecule has 0 radical (unpaired) electrons. The third-order valence-corrected chi connectivity index (χ3v) is 4.84. The first kappa shape index (κ1) is 18.8. The molecule has 3 aromatic rings. The van der Waals surface area contributed by atoms with Gasteiger partial charge in [0.25, 0.3) is 5.91 Å². The summed E-state index contributed by atoms with van der Waals surface area (Å²) in [4.78, 5) is 33.0. The molecule has 0 fully saturated rings. The molecule has 0 atom stereocenters. The van der Waals surface area contributed by atoms with E-state index >= 15 is 0 Å². The number of pyridine rings is 1. The Balaban J connectivity index is 1.57. The number of nitrogens with zero attached hydrogens (tertiary/aromatic N) is 3. The molecule has 0 spiro atoms. The summed E-state index contributed by atoms with van der Waals surface area (Å²) in [6, 6.07) is 7.26. The zero-order valence-corrected chi connectivity index (χ0v) is 16.3. The number of nitrogens with one attached hydrogen (secondary N) is 2. The van der Waals surface area contributed by atoms with Gasteiger partial charge in [-0.1, -0.05) is 6.07 Å². The molecule has 0 aliphatic heterocycles. The van der Waals surface area contributed by atoms with Crippen LogP contribution in [0.15, 0.2) is 35.8 Å². The maximum Gasteiger partial charge on any atom is 0.253 e. The average Bonchev–Trinajstić information content (AvgIpc) is 3.22. The number of rotatable bonds is 6. The van der Waals surface area contributed by atoms with Crippen molar-refractivity contribution in [3.63, 3.8) is 0 Å². The lowest BCUT2D eigenvalue weighted by Gasteiger charge is -2.08. The quantitative estimate of drug-likeness (QED) is 0.685. The van der Waals surface area contributed by atoms with Gasteiger partial charge in [0.2, 0.25) is 5.91 Å². The van der Waals surface area contributed by atoms with Gasteiger partial charge >= 0.3 is 0 Å². The molecule has 140 valence electrons. The maximum absolute atomic E-state index is 12.5. The van der Waals surface area contributed by atoms with Crippen LogP contribution in [-0.4, -0.2) is 32.9 Å². The first-order valence-corrected chi connectivity index (χ1v) is 9.44. The van der Waals surface area contributed by atoms with Crippen molar-refractivity contribution < 1.29 is 9.59 Å². The zero-order chi connectivity index (χ0) is 19.4. The molecule has 0 bridgehead atoms. The summed E-state index contributed by atoms with van der Waals surface area (Å²) < 4.78 is 1.95. The molecule has 7 nitrogen and oxygen atoms in total. The summed E-state index contributed by atoms with van der Waals surface area (Å²) in [6.07, 6.45) is 1.91. The van der Waals surface area contributed by atoms with Gasteiger partial charge < -0.3 is 10.6 Å². The van der Waals surface area contributed by atoms with E-state index in [0.717, 1.165) is 22.2 Å². The molecule has 2 amide bonds. The lowest BCUT2D eigenvalue weighted by Crippen LogP contribution is -2.28. The molecule has 3 aromatic heterocycles. The number of aryl methyl sites for hydroxylation is 2. The highest BCUT2D eigenvalue weighted by Crippen LogP contribution is 2.22. The molecule has 27 heavy (non-hydrogen) atoms. The van der Waals surface area contributed by atoms with Gasteiger partial charge in [0, 0.05) is 41.6 Å². The van der Waals surface area contributed by atoms with Crippen molar-refractivity contribution in [3.05, 3.63) is 58.5 Å². The Morgan fingerprint density at radius 2 is 2.04 bits per heavy atom. The minimum atomic E-state index is -0.201. The van der Waals surface area contributed by atoms with Crippen molar-refractivity contribution in [2.24, 2.45) is 0 Å². The number of hydrogen-bond acceptors (Lipinski definition) is 5. The third kappa shape index (κ3) is 4.40. The second-order valence-corrected chi connectivity index (χ2v) is 7.03. The molecule has 0 saturated carbocycles. The Hall–Kier alpha value is -3.00. The van der Waals surface area contributed by atoms with Crippen molar-refractivity contribution in [1.82, 2.24) is 19.9 Å². The highest BCUT2D eigenvalue weighted by Gasteiger charge is 2.17. The van der Waals surface area contributed by atoms with Crippen LogP contribution in [0.1, 0.15) is 33.9 Å². The van der Waals surface area contributed by atoms with Crippen LogP contribution < -0.4 is 10.6 Å². The van der Waals surface area contributed by atoms with Crippen molar-refractivity contribution in [3.8, 4) is 5.13 Å². The SMILES string of the molecule is Cc1cccc(NC(=O)CCNC(=O)c2cc(C)n(-c3nccs3)c2C)n1. The van der Waals surface area contributed by atoms with Gasteiger partial charge in [0.15, 0.2) is 5.13 Å². The standard InChI is InChI=1S/C19H21N5O2S/c1-12-5-4-6-16(22-12)23-17(25)7-8-20-18(26)15-11-13(2)24(14(15)3)19-21-9-10-27-19/h4-6,9-11H,7-8H2,1-3H3,(H,20,26)(H,22,23,25). The van der Waals surface area contributed by atoms with Crippen LogP contribution in [0.4, 0.5) is 5.82 Å². The summed E-state index contributed by atoms with van der Waals surface area (Å²) in [5.74, 6) is 0.118. The summed E-state index contributed by atoms with van der Waals surface area (Å²) in [5, 5.41) is 8.26. The first-order chi connectivity index (χ1) is 13.0. The van der Waals surface area contributed by atoms with E-state index < -0.39 is 0 Å². The average molecular weight is 383 g/mol. The van der Waals surface area contributed by atoms with Crippen LogP contribution in [0.5, 0.6) is 0 Å². The van der Waals surface area contributed by atoms with Crippen LogP contribution in [0.2, 0.25) is 0 Å². The maximum atomic E-state index is 12.5. The van der Waals surface area contributed by atoms with E-state index in [1.54, 1.807) is 12.3 Å². The Kier molecular flexibility index (Phi) is 5.66. The third-order valence-electron chi connectivity index (χ3n) is 4.08. The normalized spacial score (nSPS) is 10.6. The highest BCUT2D eigenvalue weighted by atomic mass is 32.1. The van der Waals surface area contributed by atoms with Gasteiger partial charge in [0.05, 0.1) is 5.56 Å². The predicted octanol–water partition coefficient (Wildman–Crippen LogP) is 3.01. The second kappa shape index (κ2) is 8.13. The summed E-state index contributed by atoms with van der Waals surface area (Å²) in [5.41, 5.74) is 3.18. The molecule has 0 aromatic carbocycles. The number of hydrogen-bond donors (Lipinski definition) is 2. The van der Waals surface area contributed by atoms with E-state index in [4.69, 9.17) is 0 Å². The van der Waals surface area contributed by atoms with Gasteiger partial charge in [-0.25, -0.2) is 9.97 Å². The van der Waals surface area contributed by atoms with E-state index in [2.05, 4.69) is 20.6 Å². The van der Waals surface area contributed by atoms with Crippen molar-refractivity contribution in [2.45, 2.75) is 27.2 Å². The molecule has 0 saturated heterocycles. The number of thiazole rings is 1. The van der Waals surface area contributed by atoms with Gasteiger partial charge in [-0.15, -0.1) is 11.3 Å². The smallest absolute Gasteiger partial charge is 0.253 e. The van der Waals surface area contributed by atoms with Gasteiger partial charge in [-0.3, -0.25) is 14.2 Å². The van der Waals surface area contributed by atoms with E-state index in [-0.39, 0.29) is 24.8 Å². The van der Waals surface area contributed by atoms with Crippen molar-refractivity contribution in [2.75, 3.05) is 11.9 Å². The Morgan fingerprint density at radius 1 is 1.22 bits per heavy atom. The molecule has 0 aliphatic rings. The van der Waals surface area contributed by atoms with Crippen LogP contribution >= 0.6 is 11.3 Å². The van der Waals surface area contributed by atoms with Crippen molar-refractivity contribution in [1.29, 1.82) is 0 Å². The number of aromatic nitrogens is 3. The number of carbonyl (C=O) groups is 2. The monoisotopic (exact) mass is 383 g/mol. The molecule has 3 heterocycles. The van der Waals surface area contributed by atoms with Gasteiger partial charge in [-0.05, 0) is 39.0 Å². The van der Waals surface area contributed by atoms with Crippen LogP contribution in [-0.2, 0) is 4.79 Å². The Morgan fingerprint density at radius 3 is 2.74 bits per heavy atom. The van der Waals surface area contributed by atoms with Gasteiger partial charge in [-0.2, -0.15) is 0 Å². The van der Waals surface area contributed by atoms with Crippen LogP contribution in [0, 0.1) is 20.8 Å². The number of carbonyl (C=O) groups excluding carboxylic acids is 2. The topological polar surface area (TPSA) is 88.9 Å². The molecule has 0 unspecified atom stereocenters. The van der Waals surface area contributed by atoms with E-state index in [9.17, 15) is 9.59 Å². The van der Waals surface area contributed by atoms with Gasteiger partial charge in [0.1, 0.15) is 5.82 Å². The van der Waals surface area contributed by atoms with E-state index in [1.807, 2.05) is 48.9 Å². The number of anilines is 1. The molecule has 2 N–H and O–H groups in total. The van der Waals surface area contributed by atoms with E-state index in [1.165, 1.54) is 11.3 Å². The summed E-state index contributed by atoms with van der Waals surface area (Å²) in [7, 11) is 0. The number of amides is 2. The van der Waals surface area contributed by atoms with E-state index in [0.29, 0.717) is 11.4 Å². The Labute approximate surface area is 161 Å². The fraction of sp³-hybridized carbons (Fsp3) is 0.263. The first-order valence-electron chi connectivity index (χ1n) is 8.56. The van der Waals surface area contributed by atoms with Crippen LogP contribution in [0.25, 0.3) is 5.13 Å². The predicted molar refractivity (Wildman–Crippen MR) is 105 cm³/mol. The lowest BCUT2D eigenvalue weighted by atomic mass is 10.2. The highest BCUT2D eigenvalue weighted by molar-refractivity contribution is 7.12. The fourth-order valence-corrected chi connectivity index (χ4v) is 3.57. The fourth-order valence-electron chi connectivity index (χ4n) is 2.82. The molecule has 3 rings (SSSR count). The lowest BCUT2D eigenvalue weighted by molar-refractivity contribution is -0.116. The van der Waals surface area contributed by atoms with Crippen LogP contribution in [0.3, 0.4) is 0 Å². The molecule has 0 aliphatic carbocycles. The summed E-state index contributed by atoms with van der Waals surface area (Å²) >= 11 is 1.51.